The van der Waals surface area contributed by atoms with E-state index in [0.29, 0.717) is 23.6 Å². The monoisotopic (exact) mass is 251 g/mol. The van der Waals surface area contributed by atoms with Crippen LogP contribution in [0.25, 0.3) is 0 Å². The summed E-state index contributed by atoms with van der Waals surface area (Å²) in [5.41, 5.74) is 1.11. The number of halogens is 1. The third-order valence-corrected chi connectivity index (χ3v) is 3.81. The van der Waals surface area contributed by atoms with E-state index in [0.717, 1.165) is 18.5 Å². The van der Waals surface area contributed by atoms with Gasteiger partial charge < -0.3 is 10.1 Å². The van der Waals surface area contributed by atoms with Crippen LogP contribution in [-0.4, -0.2) is 19.7 Å². The molecule has 1 aliphatic rings. The van der Waals surface area contributed by atoms with Crippen molar-refractivity contribution in [3.8, 4) is 5.75 Å². The molecule has 0 aliphatic heterocycles. The predicted octanol–water partition coefficient (Wildman–Crippen LogP) is 3.33. The smallest absolute Gasteiger partial charge is 0.165 e. The Labute approximate surface area is 109 Å². The molecule has 0 bridgehead atoms. The number of rotatable bonds is 5. The second kappa shape index (κ2) is 5.70. The molecule has 0 heterocycles. The van der Waals surface area contributed by atoms with Crippen molar-refractivity contribution in [1.82, 2.24) is 5.32 Å². The molecule has 2 unspecified atom stereocenters. The summed E-state index contributed by atoms with van der Waals surface area (Å²) in [6, 6.07) is 5.87. The number of nitrogens with one attached hydrogen (secondary N) is 1. The SMILES string of the molecule is COc1ccc(C2CCC2CNC(C)C)cc1F. The molecule has 18 heavy (non-hydrogen) atoms. The lowest BCUT2D eigenvalue weighted by Crippen LogP contribution is -2.36. The van der Waals surface area contributed by atoms with Gasteiger partial charge in [0, 0.05) is 6.04 Å². The van der Waals surface area contributed by atoms with Gasteiger partial charge in [0.1, 0.15) is 0 Å². The van der Waals surface area contributed by atoms with E-state index in [1.54, 1.807) is 12.1 Å². The number of hydrogen-bond donors (Lipinski definition) is 1. The second-order valence-corrected chi connectivity index (χ2v) is 5.40. The molecular weight excluding hydrogens is 229 g/mol. The molecule has 2 nitrogen and oxygen atoms in total. The Bertz CT molecular complexity index is 405. The Kier molecular flexibility index (Phi) is 4.23. The highest BCUT2D eigenvalue weighted by molar-refractivity contribution is 5.32. The summed E-state index contributed by atoms with van der Waals surface area (Å²) < 4.78 is 18.6. The minimum Gasteiger partial charge on any atom is -0.494 e. The molecule has 1 aromatic carbocycles. The van der Waals surface area contributed by atoms with Crippen molar-refractivity contribution in [2.75, 3.05) is 13.7 Å². The zero-order valence-electron chi connectivity index (χ0n) is 11.4. The lowest BCUT2D eigenvalue weighted by Gasteiger charge is -2.38. The molecule has 3 heteroatoms. The fourth-order valence-corrected chi connectivity index (χ4v) is 2.55. The Balaban J connectivity index is 2.01. The van der Waals surface area contributed by atoms with E-state index in [1.807, 2.05) is 6.07 Å². The molecule has 0 saturated heterocycles. The minimum absolute atomic E-state index is 0.252. The Morgan fingerprint density at radius 1 is 1.39 bits per heavy atom. The molecule has 1 aliphatic carbocycles. The van der Waals surface area contributed by atoms with Crippen LogP contribution in [0.2, 0.25) is 0 Å². The van der Waals surface area contributed by atoms with Gasteiger partial charge in [0.05, 0.1) is 7.11 Å². The Hall–Kier alpha value is -1.09. The van der Waals surface area contributed by atoms with Crippen LogP contribution in [0.1, 0.15) is 38.2 Å². The molecule has 1 fully saturated rings. The maximum Gasteiger partial charge on any atom is 0.165 e. The Morgan fingerprint density at radius 2 is 2.17 bits per heavy atom. The summed E-state index contributed by atoms with van der Waals surface area (Å²) in [5.74, 6) is 1.21. The van der Waals surface area contributed by atoms with Crippen molar-refractivity contribution < 1.29 is 9.13 Å². The first kappa shape index (κ1) is 13.3. The third kappa shape index (κ3) is 2.83. The number of methoxy groups -OCH3 is 1. The van der Waals surface area contributed by atoms with Crippen LogP contribution in [0.4, 0.5) is 4.39 Å². The summed E-state index contributed by atoms with van der Waals surface area (Å²) in [5, 5.41) is 3.47. The quantitative estimate of drug-likeness (QED) is 0.866. The van der Waals surface area contributed by atoms with Crippen molar-refractivity contribution in [3.63, 3.8) is 0 Å². The average molecular weight is 251 g/mol. The van der Waals surface area contributed by atoms with Crippen LogP contribution in [0.3, 0.4) is 0 Å². The van der Waals surface area contributed by atoms with Crippen molar-refractivity contribution in [2.45, 2.75) is 38.6 Å². The highest BCUT2D eigenvalue weighted by atomic mass is 19.1. The standard InChI is InChI=1S/C15H22FNO/c1-10(2)17-9-12-4-6-13(12)11-5-7-15(18-3)14(16)8-11/h5,7-8,10,12-13,17H,4,6,9H2,1-3H3. The second-order valence-electron chi connectivity index (χ2n) is 5.40. The first-order valence-corrected chi connectivity index (χ1v) is 6.68. The largest absolute Gasteiger partial charge is 0.494 e. The maximum absolute atomic E-state index is 13.7. The summed E-state index contributed by atoms with van der Waals surface area (Å²) in [4.78, 5) is 0. The number of benzene rings is 1. The van der Waals surface area contributed by atoms with E-state index in [1.165, 1.54) is 13.5 Å². The lowest BCUT2D eigenvalue weighted by molar-refractivity contribution is 0.240. The molecule has 0 aromatic heterocycles. The van der Waals surface area contributed by atoms with Gasteiger partial charge in [-0.25, -0.2) is 4.39 Å². The van der Waals surface area contributed by atoms with Gasteiger partial charge in [-0.15, -0.1) is 0 Å². The molecule has 2 rings (SSSR count). The average Bonchev–Trinajstić information content (AvgIpc) is 2.27. The molecule has 0 radical (unpaired) electrons. The predicted molar refractivity (Wildman–Crippen MR) is 71.6 cm³/mol. The molecule has 0 spiro atoms. The van der Waals surface area contributed by atoms with E-state index in [-0.39, 0.29) is 5.82 Å². The van der Waals surface area contributed by atoms with Crippen LogP contribution in [0.15, 0.2) is 18.2 Å². The molecule has 1 N–H and O–H groups in total. The van der Waals surface area contributed by atoms with Gasteiger partial charge in [-0.05, 0) is 48.9 Å². The number of ether oxygens (including phenoxy) is 1. The van der Waals surface area contributed by atoms with Crippen LogP contribution in [0, 0.1) is 11.7 Å². The molecule has 100 valence electrons. The van der Waals surface area contributed by atoms with Crippen molar-refractivity contribution in [1.29, 1.82) is 0 Å². The van der Waals surface area contributed by atoms with E-state index in [4.69, 9.17) is 4.74 Å². The van der Waals surface area contributed by atoms with Gasteiger partial charge in [-0.1, -0.05) is 19.9 Å². The maximum atomic E-state index is 13.7. The fraction of sp³-hybridized carbons (Fsp3) is 0.600. The van der Waals surface area contributed by atoms with Crippen LogP contribution in [0.5, 0.6) is 5.75 Å². The third-order valence-electron chi connectivity index (χ3n) is 3.81. The minimum atomic E-state index is -0.252. The summed E-state index contributed by atoms with van der Waals surface area (Å²) in [7, 11) is 1.50. The number of hydrogen-bond acceptors (Lipinski definition) is 2. The van der Waals surface area contributed by atoms with E-state index < -0.39 is 0 Å². The zero-order valence-corrected chi connectivity index (χ0v) is 11.4. The molecule has 0 amide bonds. The van der Waals surface area contributed by atoms with Crippen molar-refractivity contribution in [2.24, 2.45) is 5.92 Å². The molecule has 1 saturated carbocycles. The molecular formula is C15H22FNO. The van der Waals surface area contributed by atoms with Gasteiger partial charge >= 0.3 is 0 Å². The summed E-state index contributed by atoms with van der Waals surface area (Å²) >= 11 is 0. The van der Waals surface area contributed by atoms with E-state index in [9.17, 15) is 4.39 Å². The highest BCUT2D eigenvalue weighted by Crippen LogP contribution is 2.42. The summed E-state index contributed by atoms with van der Waals surface area (Å²) in [6.45, 7) is 5.33. The van der Waals surface area contributed by atoms with Crippen LogP contribution < -0.4 is 10.1 Å². The van der Waals surface area contributed by atoms with Crippen molar-refractivity contribution >= 4 is 0 Å². The Morgan fingerprint density at radius 3 is 2.67 bits per heavy atom. The molecule has 2 atom stereocenters. The van der Waals surface area contributed by atoms with Crippen LogP contribution >= 0.6 is 0 Å². The van der Waals surface area contributed by atoms with Gasteiger partial charge in [-0.2, -0.15) is 0 Å². The lowest BCUT2D eigenvalue weighted by atomic mass is 9.70. The van der Waals surface area contributed by atoms with Crippen LogP contribution in [-0.2, 0) is 0 Å². The fourth-order valence-electron chi connectivity index (χ4n) is 2.55. The van der Waals surface area contributed by atoms with Gasteiger partial charge in [0.25, 0.3) is 0 Å². The van der Waals surface area contributed by atoms with E-state index >= 15 is 0 Å². The highest BCUT2D eigenvalue weighted by Gasteiger charge is 2.32. The zero-order chi connectivity index (χ0) is 13.1. The van der Waals surface area contributed by atoms with Crippen molar-refractivity contribution in [3.05, 3.63) is 29.6 Å². The van der Waals surface area contributed by atoms with Gasteiger partial charge in [0.15, 0.2) is 11.6 Å². The topological polar surface area (TPSA) is 21.3 Å². The van der Waals surface area contributed by atoms with Gasteiger partial charge in [-0.3, -0.25) is 0 Å². The summed E-state index contributed by atoms with van der Waals surface area (Å²) in [6.07, 6.45) is 2.40. The first-order valence-electron chi connectivity index (χ1n) is 6.68. The molecule has 1 aromatic rings. The first-order chi connectivity index (χ1) is 8.61. The van der Waals surface area contributed by atoms with E-state index in [2.05, 4.69) is 19.2 Å². The van der Waals surface area contributed by atoms with Gasteiger partial charge in [0.2, 0.25) is 0 Å². The normalized spacial score (nSPS) is 22.9.